The highest BCUT2D eigenvalue weighted by Crippen LogP contribution is 2.18. The largest absolute Gasteiger partial charge is 0.491 e. The molecule has 26 heavy (non-hydrogen) atoms. The quantitative estimate of drug-likeness (QED) is 0.766. The molecule has 0 saturated carbocycles. The van der Waals surface area contributed by atoms with Gasteiger partial charge in [0.2, 0.25) is 0 Å². The third-order valence-corrected chi connectivity index (χ3v) is 4.33. The van der Waals surface area contributed by atoms with Crippen molar-refractivity contribution < 1.29 is 14.3 Å². The van der Waals surface area contributed by atoms with Crippen molar-refractivity contribution >= 4 is 5.91 Å². The number of amides is 1. The summed E-state index contributed by atoms with van der Waals surface area (Å²) in [7, 11) is 0. The highest BCUT2D eigenvalue weighted by Gasteiger charge is 2.20. The predicted octanol–water partition coefficient (Wildman–Crippen LogP) is 4.35. The van der Waals surface area contributed by atoms with E-state index in [2.05, 4.69) is 12.2 Å². The predicted molar refractivity (Wildman–Crippen MR) is 105 cm³/mol. The summed E-state index contributed by atoms with van der Waals surface area (Å²) in [6, 6.07) is 13.6. The molecule has 2 atom stereocenters. The smallest absolute Gasteiger partial charge is 0.261 e. The monoisotopic (exact) mass is 355 g/mol. The Labute approximate surface area is 156 Å². The zero-order valence-corrected chi connectivity index (χ0v) is 16.3. The minimum absolute atomic E-state index is 0.110. The Hall–Kier alpha value is -2.49. The van der Waals surface area contributed by atoms with Gasteiger partial charge in [0.05, 0.1) is 6.04 Å². The summed E-state index contributed by atoms with van der Waals surface area (Å²) in [5.41, 5.74) is 3.54. The average Bonchev–Trinajstić information content (AvgIpc) is 2.62. The molecule has 2 aromatic carbocycles. The van der Waals surface area contributed by atoms with Crippen molar-refractivity contribution in [3.05, 3.63) is 59.2 Å². The first-order valence-corrected chi connectivity index (χ1v) is 9.12. The van der Waals surface area contributed by atoms with Crippen LogP contribution in [0.25, 0.3) is 0 Å². The number of hydrogen-bond donors (Lipinski definition) is 1. The molecule has 4 nitrogen and oxygen atoms in total. The first kappa shape index (κ1) is 19.8. The maximum Gasteiger partial charge on any atom is 0.261 e. The third-order valence-electron chi connectivity index (χ3n) is 4.33. The Balaban J connectivity index is 1.86. The topological polar surface area (TPSA) is 47.6 Å². The first-order chi connectivity index (χ1) is 12.4. The summed E-state index contributed by atoms with van der Waals surface area (Å²) >= 11 is 0. The van der Waals surface area contributed by atoms with E-state index in [9.17, 15) is 4.79 Å². The summed E-state index contributed by atoms with van der Waals surface area (Å²) in [5.74, 6) is 1.40. The Kier molecular flexibility index (Phi) is 7.07. The van der Waals surface area contributed by atoms with Gasteiger partial charge in [-0.15, -0.1) is 0 Å². The molecule has 0 unspecified atom stereocenters. The molecule has 0 radical (unpaired) electrons. The van der Waals surface area contributed by atoms with Gasteiger partial charge in [-0.25, -0.2) is 0 Å². The molecule has 2 aromatic rings. The van der Waals surface area contributed by atoms with E-state index in [1.807, 2.05) is 70.2 Å². The molecule has 0 aliphatic carbocycles. The van der Waals surface area contributed by atoms with Gasteiger partial charge >= 0.3 is 0 Å². The van der Waals surface area contributed by atoms with E-state index in [0.29, 0.717) is 13.0 Å². The fourth-order valence-corrected chi connectivity index (χ4v) is 2.51. The van der Waals surface area contributed by atoms with Gasteiger partial charge in [-0.3, -0.25) is 4.79 Å². The summed E-state index contributed by atoms with van der Waals surface area (Å²) in [4.78, 5) is 12.5. The molecule has 0 fully saturated rings. The minimum atomic E-state index is -0.515. The summed E-state index contributed by atoms with van der Waals surface area (Å²) in [6.07, 6.45) is 0.0866. The van der Waals surface area contributed by atoms with Crippen LogP contribution < -0.4 is 14.8 Å². The van der Waals surface area contributed by atoms with E-state index in [1.165, 1.54) is 11.1 Å². The SMILES string of the molecule is CC[C@@H](Oc1ccc(C)c(C)c1)C(=O)N[C@H](C)COc1ccc(C)cc1. The van der Waals surface area contributed by atoms with E-state index in [4.69, 9.17) is 9.47 Å². The van der Waals surface area contributed by atoms with Crippen molar-refractivity contribution in [1.82, 2.24) is 5.32 Å². The zero-order chi connectivity index (χ0) is 19.1. The number of carbonyl (C=O) groups is 1. The van der Waals surface area contributed by atoms with Crippen LogP contribution in [-0.4, -0.2) is 24.7 Å². The number of aryl methyl sites for hydroxylation is 3. The molecule has 2 rings (SSSR count). The van der Waals surface area contributed by atoms with E-state index in [0.717, 1.165) is 17.1 Å². The van der Waals surface area contributed by atoms with E-state index in [-0.39, 0.29) is 11.9 Å². The lowest BCUT2D eigenvalue weighted by molar-refractivity contribution is -0.128. The van der Waals surface area contributed by atoms with Crippen LogP contribution in [0.15, 0.2) is 42.5 Å². The molecule has 1 N–H and O–H groups in total. The molecular formula is C22H29NO3. The highest BCUT2D eigenvalue weighted by atomic mass is 16.5. The summed E-state index contributed by atoms with van der Waals surface area (Å²) in [5, 5.41) is 2.97. The van der Waals surface area contributed by atoms with Crippen molar-refractivity contribution in [3.8, 4) is 11.5 Å². The summed E-state index contributed by atoms with van der Waals surface area (Å²) in [6.45, 7) is 10.4. The molecule has 0 bridgehead atoms. The number of ether oxygens (including phenoxy) is 2. The van der Waals surface area contributed by atoms with Crippen LogP contribution in [0.4, 0.5) is 0 Å². The zero-order valence-electron chi connectivity index (χ0n) is 16.3. The van der Waals surface area contributed by atoms with Crippen LogP contribution in [0, 0.1) is 20.8 Å². The molecule has 0 spiro atoms. The molecule has 1 amide bonds. The van der Waals surface area contributed by atoms with Gasteiger partial charge in [0.25, 0.3) is 5.91 Å². The lowest BCUT2D eigenvalue weighted by Gasteiger charge is -2.21. The van der Waals surface area contributed by atoms with E-state index in [1.54, 1.807) is 0 Å². The Morgan fingerprint density at radius 2 is 1.65 bits per heavy atom. The number of rotatable bonds is 8. The van der Waals surface area contributed by atoms with Gasteiger partial charge in [-0.1, -0.05) is 30.7 Å². The minimum Gasteiger partial charge on any atom is -0.491 e. The van der Waals surface area contributed by atoms with Gasteiger partial charge in [0.1, 0.15) is 18.1 Å². The Bertz CT molecular complexity index is 725. The van der Waals surface area contributed by atoms with Crippen LogP contribution in [0.5, 0.6) is 11.5 Å². The normalized spacial score (nSPS) is 13.0. The van der Waals surface area contributed by atoms with Crippen LogP contribution in [0.1, 0.15) is 37.0 Å². The maximum absolute atomic E-state index is 12.5. The Morgan fingerprint density at radius 1 is 1.00 bits per heavy atom. The standard InChI is InChI=1S/C22H29NO3/c1-6-21(26-20-12-9-16(3)17(4)13-20)22(24)23-18(5)14-25-19-10-7-15(2)8-11-19/h7-13,18,21H,6,14H2,1-5H3,(H,23,24)/t18-,21-/m1/s1. The molecule has 0 heterocycles. The van der Waals surface area contributed by atoms with E-state index >= 15 is 0 Å². The molecule has 0 aromatic heterocycles. The second kappa shape index (κ2) is 9.27. The fourth-order valence-electron chi connectivity index (χ4n) is 2.51. The van der Waals surface area contributed by atoms with Gasteiger partial charge in [0, 0.05) is 0 Å². The Morgan fingerprint density at radius 3 is 2.27 bits per heavy atom. The average molecular weight is 355 g/mol. The molecular weight excluding hydrogens is 326 g/mol. The van der Waals surface area contributed by atoms with E-state index < -0.39 is 6.10 Å². The van der Waals surface area contributed by atoms with Gasteiger partial charge in [-0.2, -0.15) is 0 Å². The molecule has 4 heteroatoms. The molecule has 0 aliphatic rings. The third kappa shape index (κ3) is 5.80. The van der Waals surface area contributed by atoms with Crippen LogP contribution in [0.2, 0.25) is 0 Å². The van der Waals surface area contributed by atoms with Crippen molar-refractivity contribution in [2.75, 3.05) is 6.61 Å². The second-order valence-electron chi connectivity index (χ2n) is 6.79. The number of nitrogens with one attached hydrogen (secondary N) is 1. The molecule has 140 valence electrons. The second-order valence-corrected chi connectivity index (χ2v) is 6.79. The van der Waals surface area contributed by atoms with Crippen molar-refractivity contribution in [3.63, 3.8) is 0 Å². The molecule has 0 aliphatic heterocycles. The highest BCUT2D eigenvalue weighted by molar-refractivity contribution is 5.81. The fraction of sp³-hybridized carbons (Fsp3) is 0.409. The first-order valence-electron chi connectivity index (χ1n) is 9.12. The van der Waals surface area contributed by atoms with Gasteiger partial charge < -0.3 is 14.8 Å². The molecule has 0 saturated heterocycles. The summed E-state index contributed by atoms with van der Waals surface area (Å²) < 4.78 is 11.6. The van der Waals surface area contributed by atoms with Crippen molar-refractivity contribution in [2.45, 2.75) is 53.2 Å². The van der Waals surface area contributed by atoms with Gasteiger partial charge in [0.15, 0.2) is 6.10 Å². The van der Waals surface area contributed by atoms with Crippen molar-refractivity contribution in [2.24, 2.45) is 0 Å². The van der Waals surface area contributed by atoms with Crippen molar-refractivity contribution in [1.29, 1.82) is 0 Å². The van der Waals surface area contributed by atoms with Crippen LogP contribution >= 0.6 is 0 Å². The van der Waals surface area contributed by atoms with Crippen LogP contribution in [0.3, 0.4) is 0 Å². The number of benzene rings is 2. The van der Waals surface area contributed by atoms with Gasteiger partial charge in [-0.05, 0) is 69.5 Å². The van der Waals surface area contributed by atoms with Crippen LogP contribution in [-0.2, 0) is 4.79 Å². The maximum atomic E-state index is 12.5. The lowest BCUT2D eigenvalue weighted by Crippen LogP contribution is -2.44. The number of hydrogen-bond acceptors (Lipinski definition) is 3. The number of carbonyl (C=O) groups excluding carboxylic acids is 1. The lowest BCUT2D eigenvalue weighted by atomic mass is 10.1.